The topological polar surface area (TPSA) is 106 Å². The molecule has 0 radical (unpaired) electrons. The zero-order chi connectivity index (χ0) is 29.0. The van der Waals surface area contributed by atoms with Crippen LogP contribution in [0.25, 0.3) is 5.76 Å². The molecule has 0 spiro atoms. The smallest absolute Gasteiger partial charge is 0.350 e. The van der Waals surface area contributed by atoms with Crippen LogP contribution >= 0.6 is 34.5 Å². The normalized spacial score (nSPS) is 16.3. The molecule has 40 heavy (non-hydrogen) atoms. The third kappa shape index (κ3) is 5.91. The maximum Gasteiger partial charge on any atom is 0.350 e. The van der Waals surface area contributed by atoms with E-state index in [2.05, 4.69) is 18.5 Å². The minimum absolute atomic E-state index is 0.00115. The second-order valence-corrected chi connectivity index (χ2v) is 10.7. The summed E-state index contributed by atoms with van der Waals surface area (Å²) in [5.41, 5.74) is 0.781. The third-order valence-electron chi connectivity index (χ3n) is 6.10. The number of hydrogen-bond acceptors (Lipinski definition) is 8. The zero-order valence-electron chi connectivity index (χ0n) is 21.8. The minimum Gasteiger partial charge on any atom is -0.507 e. The van der Waals surface area contributed by atoms with Crippen molar-refractivity contribution in [1.82, 2.24) is 4.98 Å². The van der Waals surface area contributed by atoms with Crippen LogP contribution in [-0.4, -0.2) is 41.0 Å². The van der Waals surface area contributed by atoms with Crippen LogP contribution in [0.15, 0.2) is 60.7 Å². The average molecular weight is 602 g/mol. The number of carbonyl (C=O) groups is 3. The van der Waals surface area contributed by atoms with Gasteiger partial charge in [-0.2, -0.15) is 0 Å². The third-order valence-corrected chi connectivity index (χ3v) is 7.80. The van der Waals surface area contributed by atoms with Crippen LogP contribution in [0.2, 0.25) is 10.0 Å². The number of esters is 1. The van der Waals surface area contributed by atoms with Crippen molar-refractivity contribution >= 4 is 63.1 Å². The second kappa shape index (κ2) is 12.7. The van der Waals surface area contributed by atoms with Crippen LogP contribution in [0.3, 0.4) is 0 Å². The number of Topliss-reactive ketones (excluding diaryl/α,β-unsaturated/α-hetero) is 1. The summed E-state index contributed by atoms with van der Waals surface area (Å²) in [6.07, 6.45) is 3.32. The Morgan fingerprint density at radius 2 is 1.93 bits per heavy atom. The summed E-state index contributed by atoms with van der Waals surface area (Å²) in [4.78, 5) is 45.1. The fraction of sp³-hybridized carbons (Fsp3) is 0.241. The Kier molecular flexibility index (Phi) is 9.29. The summed E-state index contributed by atoms with van der Waals surface area (Å²) >= 11 is 13.6. The first-order chi connectivity index (χ1) is 19.2. The van der Waals surface area contributed by atoms with Crippen molar-refractivity contribution in [3.05, 3.63) is 92.4 Å². The number of hydrogen-bond donors (Lipinski definition) is 1. The predicted molar refractivity (Wildman–Crippen MR) is 155 cm³/mol. The van der Waals surface area contributed by atoms with Crippen molar-refractivity contribution < 1.29 is 29.0 Å². The van der Waals surface area contributed by atoms with Crippen LogP contribution in [0.1, 0.15) is 52.3 Å². The van der Waals surface area contributed by atoms with Crippen LogP contribution in [0.5, 0.6) is 5.75 Å². The van der Waals surface area contributed by atoms with Crippen molar-refractivity contribution in [1.29, 1.82) is 0 Å². The lowest BCUT2D eigenvalue weighted by Crippen LogP contribution is -2.29. The number of benzene rings is 2. The van der Waals surface area contributed by atoms with Crippen LogP contribution in [0.4, 0.5) is 5.13 Å². The standard InChI is InChI=1S/C29H26Cl2N2O6S/c1-4-6-14-38-19-10-7-17(8-11-19)24(34)22-23(20-12-9-18(30)15-21(20)31)33(27(36)25(22)35)29-32-16(3)26(40-29)28(37)39-13-5-2/h5,7-12,15,23,34H,2,4,6,13-14H2,1,3H3/b24-22+. The highest BCUT2D eigenvalue weighted by atomic mass is 35.5. The molecule has 1 N–H and O–H groups in total. The van der Waals surface area contributed by atoms with Crippen molar-refractivity contribution in [3.8, 4) is 5.75 Å². The molecule has 1 saturated heterocycles. The molecule has 8 nitrogen and oxygen atoms in total. The Morgan fingerprint density at radius 3 is 2.58 bits per heavy atom. The van der Waals surface area contributed by atoms with Gasteiger partial charge in [0, 0.05) is 15.6 Å². The Balaban J connectivity index is 1.83. The zero-order valence-corrected chi connectivity index (χ0v) is 24.1. The molecule has 11 heteroatoms. The Labute approximate surface area is 245 Å². The van der Waals surface area contributed by atoms with Crippen molar-refractivity contribution in [3.63, 3.8) is 0 Å². The fourth-order valence-corrected chi connectivity index (χ4v) is 5.62. The number of amides is 1. The maximum absolute atomic E-state index is 13.5. The first-order valence-corrected chi connectivity index (χ1v) is 14.0. The van der Waals surface area contributed by atoms with Crippen LogP contribution < -0.4 is 9.64 Å². The van der Waals surface area contributed by atoms with E-state index in [0.717, 1.165) is 29.1 Å². The molecule has 1 aliphatic rings. The van der Waals surface area contributed by atoms with Crippen molar-refractivity contribution in [2.45, 2.75) is 32.7 Å². The van der Waals surface area contributed by atoms with E-state index in [1.165, 1.54) is 12.1 Å². The number of aliphatic hydroxyl groups excluding tert-OH is 1. The molecule has 1 fully saturated rings. The van der Waals surface area contributed by atoms with Gasteiger partial charge in [-0.25, -0.2) is 9.78 Å². The maximum atomic E-state index is 13.5. The number of rotatable bonds is 10. The van der Waals surface area contributed by atoms with Gasteiger partial charge in [0.15, 0.2) is 5.13 Å². The van der Waals surface area contributed by atoms with E-state index in [1.54, 1.807) is 43.3 Å². The molecule has 1 aliphatic heterocycles. The van der Waals surface area contributed by atoms with Crippen molar-refractivity contribution in [2.24, 2.45) is 0 Å². The molecule has 2 heterocycles. The number of halogens is 2. The fourth-order valence-electron chi connectivity index (χ4n) is 4.12. The number of nitrogens with zero attached hydrogens (tertiary/aromatic N) is 2. The molecule has 3 aromatic rings. The number of ketones is 1. The lowest BCUT2D eigenvalue weighted by Gasteiger charge is -2.24. The van der Waals surface area contributed by atoms with Gasteiger partial charge in [-0.1, -0.05) is 66.6 Å². The van der Waals surface area contributed by atoms with E-state index in [9.17, 15) is 19.5 Å². The van der Waals surface area contributed by atoms with Gasteiger partial charge in [-0.15, -0.1) is 0 Å². The number of aromatic nitrogens is 1. The van der Waals surface area contributed by atoms with Gasteiger partial charge in [0.2, 0.25) is 0 Å². The number of aryl methyl sites for hydroxylation is 1. The van der Waals surface area contributed by atoms with Gasteiger partial charge in [0.05, 0.1) is 23.9 Å². The highest BCUT2D eigenvalue weighted by molar-refractivity contribution is 7.17. The molecule has 0 aliphatic carbocycles. The van der Waals surface area contributed by atoms with E-state index >= 15 is 0 Å². The summed E-state index contributed by atoms with van der Waals surface area (Å²) in [6.45, 7) is 7.73. The van der Waals surface area contributed by atoms with Gasteiger partial charge in [0.25, 0.3) is 5.78 Å². The van der Waals surface area contributed by atoms with Crippen LogP contribution in [-0.2, 0) is 14.3 Å². The van der Waals surface area contributed by atoms with Gasteiger partial charge in [-0.3, -0.25) is 14.5 Å². The molecule has 208 valence electrons. The number of aliphatic hydroxyl groups is 1. The number of anilines is 1. The van der Waals surface area contributed by atoms with Gasteiger partial charge in [-0.05, 0) is 55.3 Å². The summed E-state index contributed by atoms with van der Waals surface area (Å²) in [7, 11) is 0. The van der Waals surface area contributed by atoms with Gasteiger partial charge >= 0.3 is 11.9 Å². The molecule has 2 aromatic carbocycles. The van der Waals surface area contributed by atoms with E-state index in [-0.39, 0.29) is 27.2 Å². The molecule has 1 amide bonds. The molecular weight excluding hydrogens is 575 g/mol. The molecule has 1 atom stereocenters. The number of thiazole rings is 1. The largest absolute Gasteiger partial charge is 0.507 e. The monoisotopic (exact) mass is 600 g/mol. The Hall–Kier alpha value is -3.66. The molecule has 0 bridgehead atoms. The quantitative estimate of drug-likeness (QED) is 0.0673. The summed E-state index contributed by atoms with van der Waals surface area (Å²) in [6, 6.07) is 10.0. The molecule has 4 rings (SSSR count). The SMILES string of the molecule is C=CCOC(=O)c1sc(N2C(=O)C(=O)/C(=C(/O)c3ccc(OCCCC)cc3)C2c2ccc(Cl)cc2Cl)nc1C. The summed E-state index contributed by atoms with van der Waals surface area (Å²) < 4.78 is 10.8. The van der Waals surface area contributed by atoms with Gasteiger partial charge < -0.3 is 14.6 Å². The number of ether oxygens (including phenoxy) is 2. The number of unbranched alkanes of at least 4 members (excludes halogenated alkanes) is 1. The highest BCUT2D eigenvalue weighted by Gasteiger charge is 2.49. The van der Waals surface area contributed by atoms with Gasteiger partial charge in [0.1, 0.15) is 23.0 Å². The lowest BCUT2D eigenvalue weighted by atomic mass is 9.95. The van der Waals surface area contributed by atoms with Crippen molar-refractivity contribution in [2.75, 3.05) is 18.1 Å². The average Bonchev–Trinajstić information content (AvgIpc) is 3.44. The molecule has 0 saturated carbocycles. The number of carbonyl (C=O) groups excluding carboxylic acids is 3. The molecule has 1 aromatic heterocycles. The predicted octanol–water partition coefficient (Wildman–Crippen LogP) is 6.91. The lowest BCUT2D eigenvalue weighted by molar-refractivity contribution is -0.132. The molecule has 1 unspecified atom stereocenters. The summed E-state index contributed by atoms with van der Waals surface area (Å²) in [5.74, 6) is -2.29. The second-order valence-electron chi connectivity index (χ2n) is 8.86. The van der Waals surface area contributed by atoms with Crippen LogP contribution in [0, 0.1) is 6.92 Å². The van der Waals surface area contributed by atoms with E-state index < -0.39 is 29.5 Å². The minimum atomic E-state index is -1.15. The first kappa shape index (κ1) is 29.3. The Morgan fingerprint density at radius 1 is 1.20 bits per heavy atom. The molecular formula is C29H26Cl2N2O6S. The Bertz CT molecular complexity index is 1500. The highest BCUT2D eigenvalue weighted by Crippen LogP contribution is 2.46. The van der Waals surface area contributed by atoms with E-state index in [4.69, 9.17) is 32.7 Å². The van der Waals surface area contributed by atoms with E-state index in [1.807, 2.05) is 0 Å². The first-order valence-electron chi connectivity index (χ1n) is 12.4. The summed E-state index contributed by atoms with van der Waals surface area (Å²) in [5, 5.41) is 12.0. The van der Waals surface area contributed by atoms with E-state index in [0.29, 0.717) is 34.2 Å².